The van der Waals surface area contributed by atoms with Crippen LogP contribution in [0.25, 0.3) is 32.6 Å². The van der Waals surface area contributed by atoms with Crippen molar-refractivity contribution in [2.24, 2.45) is 0 Å². The standard InChI is InChI=1S/C21H20N6S2/c1-2-14-8-15(7-13(1)25-14)29-19-6-5-18(26-27-19)17-4-3-16(12-9-23-24-10-12)20-21(17)28-11-22-20/h3-6,9-11,13-15,25H,1-2,7-8H2,(H,23,24). The van der Waals surface area contributed by atoms with E-state index in [4.69, 9.17) is 0 Å². The first-order valence-electron chi connectivity index (χ1n) is 9.95. The quantitative estimate of drug-likeness (QED) is 0.505. The lowest BCUT2D eigenvalue weighted by Crippen LogP contribution is -2.39. The van der Waals surface area contributed by atoms with E-state index in [-0.39, 0.29) is 0 Å². The second kappa shape index (κ2) is 7.19. The van der Waals surface area contributed by atoms with Crippen LogP contribution in [-0.4, -0.2) is 42.7 Å². The molecule has 29 heavy (non-hydrogen) atoms. The first kappa shape index (κ1) is 17.6. The minimum absolute atomic E-state index is 0.649. The molecule has 0 radical (unpaired) electrons. The molecule has 2 aliphatic heterocycles. The normalized spacial score (nSPS) is 23.7. The van der Waals surface area contributed by atoms with Gasteiger partial charge in [-0.15, -0.1) is 33.3 Å². The van der Waals surface area contributed by atoms with E-state index in [9.17, 15) is 0 Å². The molecule has 2 fully saturated rings. The molecule has 0 aliphatic carbocycles. The highest BCUT2D eigenvalue weighted by Crippen LogP contribution is 2.38. The van der Waals surface area contributed by atoms with Crippen molar-refractivity contribution in [3.63, 3.8) is 0 Å². The molecule has 8 heteroatoms. The number of rotatable bonds is 4. The number of hydrogen-bond donors (Lipinski definition) is 2. The molecule has 2 atom stereocenters. The summed E-state index contributed by atoms with van der Waals surface area (Å²) in [5, 5.41) is 21.4. The van der Waals surface area contributed by atoms with Crippen LogP contribution >= 0.6 is 23.1 Å². The number of fused-ring (bicyclic) bond motifs is 3. The summed E-state index contributed by atoms with van der Waals surface area (Å²) in [6, 6.07) is 9.82. The van der Waals surface area contributed by atoms with E-state index in [1.54, 1.807) is 11.3 Å². The van der Waals surface area contributed by atoms with Gasteiger partial charge in [0.25, 0.3) is 0 Å². The number of thioether (sulfide) groups is 1. The Kier molecular flexibility index (Phi) is 4.36. The van der Waals surface area contributed by atoms with E-state index < -0.39 is 0 Å². The van der Waals surface area contributed by atoms with Crippen LogP contribution in [0, 0.1) is 0 Å². The Morgan fingerprint density at radius 3 is 2.62 bits per heavy atom. The molecule has 0 saturated carbocycles. The topological polar surface area (TPSA) is 79.4 Å². The van der Waals surface area contributed by atoms with Crippen LogP contribution in [0.5, 0.6) is 0 Å². The predicted octanol–water partition coefficient (Wildman–Crippen LogP) is 4.52. The Labute approximate surface area is 176 Å². The zero-order valence-corrected chi connectivity index (χ0v) is 17.3. The van der Waals surface area contributed by atoms with Gasteiger partial charge in [-0.25, -0.2) is 4.98 Å². The predicted molar refractivity (Wildman–Crippen MR) is 117 cm³/mol. The number of hydrogen-bond acceptors (Lipinski definition) is 7. The molecule has 2 unspecified atom stereocenters. The molecule has 2 bridgehead atoms. The van der Waals surface area contributed by atoms with E-state index in [0.29, 0.717) is 17.3 Å². The van der Waals surface area contributed by atoms with Gasteiger partial charge < -0.3 is 5.32 Å². The van der Waals surface area contributed by atoms with Gasteiger partial charge in [0.15, 0.2) is 0 Å². The molecule has 1 aromatic carbocycles. The number of H-pyrrole nitrogens is 1. The Balaban J connectivity index is 1.27. The van der Waals surface area contributed by atoms with Crippen LogP contribution in [0.15, 0.2) is 47.2 Å². The molecule has 5 heterocycles. The monoisotopic (exact) mass is 420 g/mol. The van der Waals surface area contributed by atoms with Gasteiger partial charge in [0, 0.05) is 40.2 Å². The highest BCUT2D eigenvalue weighted by molar-refractivity contribution is 7.99. The molecule has 146 valence electrons. The average Bonchev–Trinajstić information content (AvgIpc) is 3.49. The molecule has 2 N–H and O–H groups in total. The Morgan fingerprint density at radius 2 is 1.86 bits per heavy atom. The van der Waals surface area contributed by atoms with Gasteiger partial charge in [-0.2, -0.15) is 5.10 Å². The van der Waals surface area contributed by atoms with Crippen molar-refractivity contribution in [2.75, 3.05) is 0 Å². The third kappa shape index (κ3) is 3.25. The lowest BCUT2D eigenvalue weighted by Gasteiger charge is -2.28. The number of thiazole rings is 1. The summed E-state index contributed by atoms with van der Waals surface area (Å²) >= 11 is 3.53. The lowest BCUT2D eigenvalue weighted by atomic mass is 10.0. The average molecular weight is 421 g/mol. The third-order valence-corrected chi connectivity index (χ3v) is 7.96. The molecule has 0 spiro atoms. The Hall–Kier alpha value is -2.29. The van der Waals surface area contributed by atoms with Crippen LogP contribution in [0.1, 0.15) is 25.7 Å². The van der Waals surface area contributed by atoms with Gasteiger partial charge in [-0.05, 0) is 37.8 Å². The lowest BCUT2D eigenvalue weighted by molar-refractivity contribution is 0.414. The van der Waals surface area contributed by atoms with E-state index in [1.165, 1.54) is 25.7 Å². The second-order valence-electron chi connectivity index (χ2n) is 7.78. The van der Waals surface area contributed by atoms with E-state index in [0.717, 1.165) is 37.6 Å². The smallest absolute Gasteiger partial charge is 0.119 e. The summed E-state index contributed by atoms with van der Waals surface area (Å²) in [6.07, 6.45) is 8.85. The fourth-order valence-corrected chi connectivity index (χ4v) is 6.65. The van der Waals surface area contributed by atoms with Gasteiger partial charge in [0.1, 0.15) is 5.03 Å². The molecular weight excluding hydrogens is 400 g/mol. The first-order chi connectivity index (χ1) is 14.3. The number of piperidine rings is 1. The molecule has 4 aromatic rings. The van der Waals surface area contributed by atoms with Crippen LogP contribution in [0.4, 0.5) is 0 Å². The second-order valence-corrected chi connectivity index (χ2v) is 9.96. The maximum Gasteiger partial charge on any atom is 0.119 e. The van der Waals surface area contributed by atoms with Gasteiger partial charge in [-0.3, -0.25) is 5.10 Å². The molecule has 2 saturated heterocycles. The van der Waals surface area contributed by atoms with E-state index in [2.05, 4.69) is 55.0 Å². The Bertz CT molecular complexity index is 1130. The van der Waals surface area contributed by atoms with Crippen molar-refractivity contribution < 1.29 is 0 Å². The van der Waals surface area contributed by atoms with Gasteiger partial charge in [0.2, 0.25) is 0 Å². The fraction of sp³-hybridized carbons (Fsp3) is 0.333. The van der Waals surface area contributed by atoms with Gasteiger partial charge in [-0.1, -0.05) is 12.1 Å². The summed E-state index contributed by atoms with van der Waals surface area (Å²) in [7, 11) is 0. The minimum atomic E-state index is 0.649. The van der Waals surface area contributed by atoms with Crippen molar-refractivity contribution in [3.8, 4) is 22.4 Å². The van der Waals surface area contributed by atoms with Crippen molar-refractivity contribution in [1.82, 2.24) is 30.7 Å². The summed E-state index contributed by atoms with van der Waals surface area (Å²) in [5.74, 6) is 0. The maximum absolute atomic E-state index is 4.59. The summed E-state index contributed by atoms with van der Waals surface area (Å²) in [5.41, 5.74) is 6.98. The highest BCUT2D eigenvalue weighted by Gasteiger charge is 2.34. The maximum atomic E-state index is 4.59. The molecule has 2 aliphatic rings. The molecular formula is C21H20N6S2. The molecule has 6 rings (SSSR count). The van der Waals surface area contributed by atoms with Crippen molar-refractivity contribution in [2.45, 2.75) is 48.0 Å². The summed E-state index contributed by atoms with van der Waals surface area (Å²) < 4.78 is 1.13. The van der Waals surface area contributed by atoms with Crippen molar-refractivity contribution in [1.29, 1.82) is 0 Å². The fourth-order valence-electron chi connectivity index (χ4n) is 4.58. The Morgan fingerprint density at radius 1 is 1.00 bits per heavy atom. The van der Waals surface area contributed by atoms with Gasteiger partial charge in [0.05, 0.1) is 27.6 Å². The highest BCUT2D eigenvalue weighted by atomic mass is 32.2. The molecule has 3 aromatic heterocycles. The summed E-state index contributed by atoms with van der Waals surface area (Å²) in [6.45, 7) is 0. The van der Waals surface area contributed by atoms with Crippen LogP contribution in [0.2, 0.25) is 0 Å². The van der Waals surface area contributed by atoms with Crippen molar-refractivity contribution in [3.05, 3.63) is 42.2 Å². The largest absolute Gasteiger partial charge is 0.311 e. The molecule has 0 amide bonds. The first-order valence-corrected chi connectivity index (χ1v) is 11.7. The number of aromatic amines is 1. The number of aromatic nitrogens is 5. The van der Waals surface area contributed by atoms with E-state index in [1.807, 2.05) is 29.7 Å². The summed E-state index contributed by atoms with van der Waals surface area (Å²) in [4.78, 5) is 4.59. The van der Waals surface area contributed by atoms with Crippen molar-refractivity contribution >= 4 is 33.3 Å². The number of nitrogens with zero attached hydrogens (tertiary/aromatic N) is 4. The molecule has 6 nitrogen and oxygen atoms in total. The third-order valence-electron chi connectivity index (χ3n) is 5.93. The number of benzene rings is 1. The van der Waals surface area contributed by atoms with E-state index >= 15 is 0 Å². The zero-order valence-electron chi connectivity index (χ0n) is 15.7. The van der Waals surface area contributed by atoms with Gasteiger partial charge >= 0.3 is 0 Å². The van der Waals surface area contributed by atoms with Crippen LogP contribution in [-0.2, 0) is 0 Å². The SMILES string of the molecule is c1nc2c(-c3cn[nH]c3)ccc(-c3ccc(SC4CC5CCC(C4)N5)nn3)c2s1. The van der Waals surface area contributed by atoms with Crippen LogP contribution in [0.3, 0.4) is 0 Å². The number of nitrogens with one attached hydrogen (secondary N) is 2. The van der Waals surface area contributed by atoms with Crippen LogP contribution < -0.4 is 5.32 Å². The minimum Gasteiger partial charge on any atom is -0.311 e. The zero-order chi connectivity index (χ0) is 19.2.